The van der Waals surface area contributed by atoms with Gasteiger partial charge in [-0.05, 0) is 56.3 Å². The molecule has 0 saturated heterocycles. The summed E-state index contributed by atoms with van der Waals surface area (Å²) < 4.78 is 35.1. The molecule has 3 N–H and O–H groups in total. The van der Waals surface area contributed by atoms with Crippen molar-refractivity contribution in [2.75, 3.05) is 18.2 Å². The molecule has 0 spiro atoms. The predicted molar refractivity (Wildman–Crippen MR) is 147 cm³/mol. The van der Waals surface area contributed by atoms with Crippen LogP contribution in [0.25, 0.3) is 10.8 Å². The molecular weight excluding hydrogens is 506 g/mol. The van der Waals surface area contributed by atoms with Gasteiger partial charge >= 0.3 is 5.97 Å². The van der Waals surface area contributed by atoms with Gasteiger partial charge in [-0.25, -0.2) is 28.2 Å². The lowest BCUT2D eigenvalue weighted by Crippen LogP contribution is -2.32. The Morgan fingerprint density at radius 3 is 2.63 bits per heavy atom. The monoisotopic (exact) mass is 541 g/mol. The Labute approximate surface area is 223 Å². The molecule has 0 saturated carbocycles. The number of rotatable bonds is 9. The van der Waals surface area contributed by atoms with Gasteiger partial charge in [0.2, 0.25) is 5.88 Å². The van der Waals surface area contributed by atoms with Gasteiger partial charge in [-0.1, -0.05) is 13.8 Å². The van der Waals surface area contributed by atoms with Crippen LogP contribution in [-0.4, -0.2) is 53.6 Å². The third-order valence-electron chi connectivity index (χ3n) is 7.12. The minimum atomic E-state index is -3.18. The second kappa shape index (κ2) is 10.5. The number of hydrogen-bond donors (Lipinski definition) is 2. The van der Waals surface area contributed by atoms with Crippen LogP contribution < -0.4 is 15.8 Å². The number of aromatic nitrogens is 3. The van der Waals surface area contributed by atoms with E-state index in [1.807, 2.05) is 33.8 Å². The van der Waals surface area contributed by atoms with Crippen LogP contribution >= 0.6 is 0 Å². The molecule has 0 bridgehead atoms. The maximum atomic E-state index is 12.1. The van der Waals surface area contributed by atoms with E-state index in [2.05, 4.69) is 20.3 Å². The highest BCUT2D eigenvalue weighted by Crippen LogP contribution is 2.35. The summed E-state index contributed by atoms with van der Waals surface area (Å²) >= 11 is 0. The summed E-state index contributed by atoms with van der Waals surface area (Å²) in [4.78, 5) is 25.8. The van der Waals surface area contributed by atoms with Crippen molar-refractivity contribution in [3.05, 3.63) is 47.4 Å². The molecule has 4 rings (SSSR count). The third kappa shape index (κ3) is 5.73. The molecule has 4 heterocycles. The van der Waals surface area contributed by atoms with E-state index in [1.54, 1.807) is 31.5 Å². The van der Waals surface area contributed by atoms with Gasteiger partial charge in [0.1, 0.15) is 21.5 Å². The van der Waals surface area contributed by atoms with Crippen LogP contribution in [0.5, 0.6) is 5.88 Å². The van der Waals surface area contributed by atoms with E-state index < -0.39 is 20.6 Å². The van der Waals surface area contributed by atoms with Gasteiger partial charge in [0.15, 0.2) is 0 Å². The molecule has 0 amide bonds. The van der Waals surface area contributed by atoms with E-state index in [0.29, 0.717) is 53.6 Å². The number of hydrogen-bond acceptors (Lipinski definition) is 10. The SMILES string of the molecule is CC[C@@](C)(N)c1cnc(O[C@H](C)C[C@@H](C)S(C)(=O)=O)c2cnc(Nc3ccc4c(n3)[C@H](C)COC4=O)cc12. The molecule has 10 nitrogen and oxygen atoms in total. The molecule has 4 atom stereocenters. The molecule has 0 aromatic carbocycles. The fourth-order valence-corrected chi connectivity index (χ4v) is 5.00. The fraction of sp³-hybridized carbons (Fsp3) is 0.481. The number of ether oxygens (including phenoxy) is 2. The van der Waals surface area contributed by atoms with Crippen LogP contribution in [0.3, 0.4) is 0 Å². The molecule has 3 aromatic heterocycles. The van der Waals surface area contributed by atoms with E-state index in [-0.39, 0.29) is 18.0 Å². The van der Waals surface area contributed by atoms with E-state index in [9.17, 15) is 13.2 Å². The maximum absolute atomic E-state index is 12.1. The van der Waals surface area contributed by atoms with Gasteiger partial charge in [-0.2, -0.15) is 0 Å². The standard InChI is InChI=1S/C27H35N5O5S/c1-7-27(5,28)21-13-30-25(37-16(3)10-17(4)38(6,34)35)20-12-29-23(11-19(20)21)31-22-9-8-18-24(32-22)15(2)14-36-26(18)33/h8-9,11-13,15-17H,7,10,14,28H2,1-6H3,(H,29,31,32)/t15-,16-,17-,27-/m1/s1. The van der Waals surface area contributed by atoms with Gasteiger partial charge in [0.25, 0.3) is 0 Å². The van der Waals surface area contributed by atoms with Crippen molar-refractivity contribution >= 4 is 38.2 Å². The zero-order valence-corrected chi connectivity index (χ0v) is 23.4. The number of anilines is 2. The highest BCUT2D eigenvalue weighted by atomic mass is 32.2. The smallest absolute Gasteiger partial charge is 0.340 e. The normalized spacial score (nSPS) is 18.7. The number of carbonyl (C=O) groups is 1. The minimum absolute atomic E-state index is 0.0127. The molecular formula is C27H35N5O5S. The van der Waals surface area contributed by atoms with Gasteiger partial charge in [0.05, 0.1) is 34.6 Å². The Kier molecular flexibility index (Phi) is 7.62. The van der Waals surface area contributed by atoms with E-state index in [4.69, 9.17) is 15.2 Å². The zero-order chi connectivity index (χ0) is 27.8. The quantitative estimate of drug-likeness (QED) is 0.377. The van der Waals surface area contributed by atoms with Crippen LogP contribution in [0.4, 0.5) is 11.6 Å². The first-order valence-electron chi connectivity index (χ1n) is 12.7. The average molecular weight is 542 g/mol. The van der Waals surface area contributed by atoms with Crippen molar-refractivity contribution in [1.29, 1.82) is 0 Å². The molecule has 38 heavy (non-hydrogen) atoms. The topological polar surface area (TPSA) is 146 Å². The summed E-state index contributed by atoms with van der Waals surface area (Å²) in [5.41, 5.74) is 7.97. The Morgan fingerprint density at radius 1 is 1.21 bits per heavy atom. The number of cyclic esters (lactones) is 1. The largest absolute Gasteiger partial charge is 0.474 e. The van der Waals surface area contributed by atoms with Crippen LogP contribution in [-0.2, 0) is 20.1 Å². The van der Waals surface area contributed by atoms with Crippen molar-refractivity contribution in [1.82, 2.24) is 15.0 Å². The first-order chi connectivity index (χ1) is 17.8. The van der Waals surface area contributed by atoms with Crippen LogP contribution in [0.1, 0.15) is 75.0 Å². The lowest BCUT2D eigenvalue weighted by Gasteiger charge is -2.26. The van der Waals surface area contributed by atoms with Crippen LogP contribution in [0.2, 0.25) is 0 Å². The summed E-state index contributed by atoms with van der Waals surface area (Å²) in [5.74, 6) is 1.08. The maximum Gasteiger partial charge on any atom is 0.340 e. The van der Waals surface area contributed by atoms with Gasteiger partial charge in [-0.15, -0.1) is 0 Å². The third-order valence-corrected chi connectivity index (χ3v) is 8.78. The second-order valence-electron chi connectivity index (χ2n) is 10.4. The van der Waals surface area contributed by atoms with Gasteiger partial charge in [0, 0.05) is 36.5 Å². The van der Waals surface area contributed by atoms with Crippen molar-refractivity contribution in [3.63, 3.8) is 0 Å². The summed E-state index contributed by atoms with van der Waals surface area (Å²) in [7, 11) is -3.18. The predicted octanol–water partition coefficient (Wildman–Crippen LogP) is 4.22. The number of sulfone groups is 1. The van der Waals surface area contributed by atoms with E-state index >= 15 is 0 Å². The number of pyridine rings is 3. The molecule has 1 aliphatic rings. The molecule has 11 heteroatoms. The Morgan fingerprint density at radius 2 is 1.95 bits per heavy atom. The molecule has 1 aliphatic heterocycles. The number of carbonyl (C=O) groups excluding carboxylic acids is 1. The fourth-order valence-electron chi connectivity index (χ4n) is 4.38. The number of fused-ring (bicyclic) bond motifs is 2. The van der Waals surface area contributed by atoms with Gasteiger partial charge in [-0.3, -0.25) is 0 Å². The highest BCUT2D eigenvalue weighted by Gasteiger charge is 2.27. The molecule has 0 unspecified atom stereocenters. The Bertz CT molecular complexity index is 1470. The lowest BCUT2D eigenvalue weighted by atomic mass is 9.88. The van der Waals surface area contributed by atoms with Crippen molar-refractivity contribution in [2.24, 2.45) is 5.73 Å². The number of nitrogens with zero attached hydrogens (tertiary/aromatic N) is 3. The summed E-state index contributed by atoms with van der Waals surface area (Å²) in [6.07, 6.45) is 5.22. The zero-order valence-electron chi connectivity index (χ0n) is 22.6. The molecule has 3 aromatic rings. The van der Waals surface area contributed by atoms with Crippen LogP contribution in [0.15, 0.2) is 30.6 Å². The molecule has 0 radical (unpaired) electrons. The van der Waals surface area contributed by atoms with E-state index in [1.165, 1.54) is 6.26 Å². The number of esters is 1. The number of nitrogens with two attached hydrogens (primary N) is 1. The van der Waals surface area contributed by atoms with Gasteiger partial charge < -0.3 is 20.5 Å². The first-order valence-corrected chi connectivity index (χ1v) is 14.6. The highest BCUT2D eigenvalue weighted by molar-refractivity contribution is 7.91. The molecule has 0 fully saturated rings. The lowest BCUT2D eigenvalue weighted by molar-refractivity contribution is 0.0445. The first kappa shape index (κ1) is 27.7. The molecule has 0 aliphatic carbocycles. The van der Waals surface area contributed by atoms with Crippen molar-refractivity contribution in [3.8, 4) is 5.88 Å². The minimum Gasteiger partial charge on any atom is -0.474 e. The summed E-state index contributed by atoms with van der Waals surface area (Å²) in [6, 6.07) is 5.30. The average Bonchev–Trinajstić information content (AvgIpc) is 2.85. The summed E-state index contributed by atoms with van der Waals surface area (Å²) in [5, 5.41) is 4.18. The molecule has 204 valence electrons. The van der Waals surface area contributed by atoms with Crippen molar-refractivity contribution < 1.29 is 22.7 Å². The number of nitrogens with one attached hydrogen (secondary N) is 1. The summed E-state index contributed by atoms with van der Waals surface area (Å²) in [6.45, 7) is 9.70. The van der Waals surface area contributed by atoms with E-state index in [0.717, 1.165) is 10.9 Å². The Balaban J connectivity index is 1.70. The van der Waals surface area contributed by atoms with Crippen LogP contribution in [0, 0.1) is 0 Å². The Hall–Kier alpha value is -3.31. The van der Waals surface area contributed by atoms with Crippen molar-refractivity contribution in [2.45, 2.75) is 70.3 Å². The second-order valence-corrected chi connectivity index (χ2v) is 12.9.